The van der Waals surface area contributed by atoms with E-state index in [4.69, 9.17) is 10.8 Å². The molecule has 0 aliphatic heterocycles. The molecule has 3 N–H and O–H groups in total. The van der Waals surface area contributed by atoms with Crippen molar-refractivity contribution >= 4 is 5.97 Å². The maximum Gasteiger partial charge on any atom is 0.305 e. The summed E-state index contributed by atoms with van der Waals surface area (Å²) in [5, 5.41) is 8.56. The lowest BCUT2D eigenvalue weighted by Crippen LogP contribution is -2.54. The van der Waals surface area contributed by atoms with Crippen LogP contribution in [0.3, 0.4) is 0 Å². The van der Waals surface area contributed by atoms with Gasteiger partial charge in [-0.05, 0) is 42.2 Å². The van der Waals surface area contributed by atoms with Crippen LogP contribution in [0.4, 0.5) is 0 Å². The highest BCUT2D eigenvalue weighted by atomic mass is 16.4. The highest BCUT2D eigenvalue weighted by Crippen LogP contribution is 2.42. The van der Waals surface area contributed by atoms with Crippen LogP contribution in [-0.4, -0.2) is 16.6 Å². The smallest absolute Gasteiger partial charge is 0.305 e. The van der Waals surface area contributed by atoms with E-state index in [-0.39, 0.29) is 6.42 Å². The SMILES string of the molecule is CC(C)C1CC(N)(CC(=O)O)C1.c1cc2cc(c1)C2. The summed E-state index contributed by atoms with van der Waals surface area (Å²) in [6.07, 6.45) is 3.08. The molecular formula is C16H23NO2. The van der Waals surface area contributed by atoms with Crippen LogP contribution in [0.2, 0.25) is 0 Å². The van der Waals surface area contributed by atoms with Gasteiger partial charge in [-0.15, -0.1) is 0 Å². The van der Waals surface area contributed by atoms with Crippen LogP contribution in [0.25, 0.3) is 0 Å². The molecule has 0 amide bonds. The Balaban J connectivity index is 0.000000159. The number of nitrogens with two attached hydrogens (primary N) is 1. The van der Waals surface area contributed by atoms with Gasteiger partial charge in [0.15, 0.2) is 0 Å². The third kappa shape index (κ3) is 3.57. The minimum atomic E-state index is -0.778. The average Bonchev–Trinajstić information content (AvgIpc) is 2.25. The van der Waals surface area contributed by atoms with Crippen LogP contribution < -0.4 is 5.73 Å². The van der Waals surface area contributed by atoms with Gasteiger partial charge in [-0.25, -0.2) is 0 Å². The van der Waals surface area contributed by atoms with Gasteiger partial charge in [-0.3, -0.25) is 4.79 Å². The van der Waals surface area contributed by atoms with E-state index in [1.807, 2.05) is 0 Å². The largest absolute Gasteiger partial charge is 0.481 e. The van der Waals surface area contributed by atoms with Crippen molar-refractivity contribution in [3.63, 3.8) is 0 Å². The fourth-order valence-corrected chi connectivity index (χ4v) is 2.86. The van der Waals surface area contributed by atoms with Crippen molar-refractivity contribution in [3.05, 3.63) is 35.4 Å². The molecule has 3 aliphatic rings. The van der Waals surface area contributed by atoms with E-state index < -0.39 is 11.5 Å². The number of rotatable bonds is 3. The van der Waals surface area contributed by atoms with Gasteiger partial charge in [0.05, 0.1) is 6.42 Å². The maximum absolute atomic E-state index is 10.4. The average molecular weight is 261 g/mol. The summed E-state index contributed by atoms with van der Waals surface area (Å²) in [6, 6.07) is 8.65. The van der Waals surface area contributed by atoms with Crippen molar-refractivity contribution in [1.82, 2.24) is 0 Å². The highest BCUT2D eigenvalue weighted by Gasteiger charge is 2.43. The highest BCUT2D eigenvalue weighted by molar-refractivity contribution is 5.68. The molecule has 0 saturated heterocycles. The maximum atomic E-state index is 10.4. The van der Waals surface area contributed by atoms with Crippen LogP contribution in [0.5, 0.6) is 0 Å². The first-order valence-corrected chi connectivity index (χ1v) is 6.96. The summed E-state index contributed by atoms with van der Waals surface area (Å²) in [6.45, 7) is 4.32. The zero-order valence-corrected chi connectivity index (χ0v) is 11.7. The Kier molecular flexibility index (Phi) is 3.95. The fraction of sp³-hybridized carbons (Fsp3) is 0.562. The monoisotopic (exact) mass is 261 g/mol. The molecule has 0 heterocycles. The predicted octanol–water partition coefficient (Wildman–Crippen LogP) is 2.82. The van der Waals surface area contributed by atoms with Crippen LogP contribution in [0, 0.1) is 11.8 Å². The zero-order valence-electron chi connectivity index (χ0n) is 11.7. The standard InChI is InChI=1S/C9H17NO2.C7H6/c1-6(2)7-3-9(10,4-7)5-8(11)12;1-2-6-4-7(3-1)5-6/h6-7H,3-5,10H2,1-2H3,(H,11,12);1-4H,5H2. The van der Waals surface area contributed by atoms with Gasteiger partial charge in [0, 0.05) is 5.54 Å². The van der Waals surface area contributed by atoms with Gasteiger partial charge in [-0.1, -0.05) is 38.1 Å². The topological polar surface area (TPSA) is 63.3 Å². The Labute approximate surface area is 114 Å². The molecule has 0 radical (unpaired) electrons. The lowest BCUT2D eigenvalue weighted by atomic mass is 9.63. The molecule has 104 valence electrons. The second-order valence-electron chi connectivity index (χ2n) is 6.34. The van der Waals surface area contributed by atoms with Crippen LogP contribution in [0.15, 0.2) is 24.3 Å². The van der Waals surface area contributed by atoms with Crippen LogP contribution in [0.1, 0.15) is 44.2 Å². The molecule has 1 aromatic carbocycles. The molecule has 19 heavy (non-hydrogen) atoms. The van der Waals surface area contributed by atoms with E-state index in [2.05, 4.69) is 38.1 Å². The molecule has 3 aliphatic carbocycles. The number of carboxylic acid groups (broad SMARTS) is 1. The van der Waals surface area contributed by atoms with Gasteiger partial charge in [0.1, 0.15) is 0 Å². The van der Waals surface area contributed by atoms with Gasteiger partial charge in [0.25, 0.3) is 0 Å². The van der Waals surface area contributed by atoms with Crippen molar-refractivity contribution in [3.8, 4) is 0 Å². The van der Waals surface area contributed by atoms with E-state index in [1.54, 1.807) is 0 Å². The van der Waals surface area contributed by atoms with Gasteiger partial charge >= 0.3 is 5.97 Å². The van der Waals surface area contributed by atoms with E-state index in [1.165, 1.54) is 17.5 Å². The number of benzene rings is 1. The second-order valence-corrected chi connectivity index (χ2v) is 6.34. The molecule has 3 heteroatoms. The number of fused-ring (bicyclic) bond motifs is 2. The van der Waals surface area contributed by atoms with E-state index in [9.17, 15) is 4.79 Å². The Morgan fingerprint density at radius 2 is 1.95 bits per heavy atom. The summed E-state index contributed by atoms with van der Waals surface area (Å²) < 4.78 is 0. The van der Waals surface area contributed by atoms with Crippen LogP contribution in [-0.2, 0) is 11.2 Å². The summed E-state index contributed by atoms with van der Waals surface area (Å²) in [4.78, 5) is 10.4. The number of hydrogen-bond donors (Lipinski definition) is 2. The summed E-state index contributed by atoms with van der Waals surface area (Å²) in [5.41, 5.74) is 8.42. The molecule has 1 saturated carbocycles. The first-order chi connectivity index (χ1) is 8.88. The lowest BCUT2D eigenvalue weighted by molar-refractivity contribution is -0.140. The third-order valence-corrected chi connectivity index (χ3v) is 4.18. The quantitative estimate of drug-likeness (QED) is 0.893. The van der Waals surface area contributed by atoms with E-state index >= 15 is 0 Å². The molecule has 0 atom stereocenters. The van der Waals surface area contributed by atoms with Crippen molar-refractivity contribution in [2.45, 2.75) is 45.1 Å². The van der Waals surface area contributed by atoms with Crippen molar-refractivity contribution in [1.29, 1.82) is 0 Å². The Morgan fingerprint density at radius 3 is 2.21 bits per heavy atom. The van der Waals surface area contributed by atoms with Gasteiger partial charge in [-0.2, -0.15) is 0 Å². The van der Waals surface area contributed by atoms with Crippen molar-refractivity contribution in [2.24, 2.45) is 17.6 Å². The van der Waals surface area contributed by atoms with Gasteiger partial charge in [0.2, 0.25) is 0 Å². The summed E-state index contributed by atoms with van der Waals surface area (Å²) >= 11 is 0. The third-order valence-electron chi connectivity index (χ3n) is 4.18. The second kappa shape index (κ2) is 5.33. The van der Waals surface area contributed by atoms with Gasteiger partial charge < -0.3 is 10.8 Å². The molecule has 0 spiro atoms. The normalized spacial score (nSPS) is 26.8. The van der Waals surface area contributed by atoms with Crippen molar-refractivity contribution in [2.75, 3.05) is 0 Å². The minimum absolute atomic E-state index is 0.121. The van der Waals surface area contributed by atoms with E-state index in [0.29, 0.717) is 11.8 Å². The minimum Gasteiger partial charge on any atom is -0.481 e. The molecule has 2 bridgehead atoms. The predicted molar refractivity (Wildman–Crippen MR) is 76.0 cm³/mol. The lowest BCUT2D eigenvalue weighted by Gasteiger charge is -2.46. The molecule has 3 nitrogen and oxygen atoms in total. The number of carbonyl (C=O) groups is 1. The summed E-state index contributed by atoms with van der Waals surface area (Å²) in [7, 11) is 0. The van der Waals surface area contributed by atoms with Crippen molar-refractivity contribution < 1.29 is 9.90 Å². The molecule has 1 aromatic rings. The molecular weight excluding hydrogens is 238 g/mol. The number of hydrogen-bond acceptors (Lipinski definition) is 2. The molecule has 0 aromatic heterocycles. The first-order valence-electron chi connectivity index (χ1n) is 6.96. The Bertz CT molecular complexity index is 437. The Morgan fingerprint density at radius 1 is 1.42 bits per heavy atom. The molecule has 1 fully saturated rings. The molecule has 0 unspecified atom stereocenters. The number of aliphatic carboxylic acids is 1. The molecule has 4 rings (SSSR count). The van der Waals surface area contributed by atoms with Crippen LogP contribution >= 0.6 is 0 Å². The Hall–Kier alpha value is -1.35. The number of carboxylic acids is 1. The first kappa shape index (κ1) is 14.1. The zero-order chi connectivity index (χ0) is 14.0. The fourth-order valence-electron chi connectivity index (χ4n) is 2.86. The summed E-state index contributed by atoms with van der Waals surface area (Å²) in [5.74, 6) is 0.490. The van der Waals surface area contributed by atoms with E-state index in [0.717, 1.165) is 12.8 Å².